The van der Waals surface area contributed by atoms with Gasteiger partial charge in [-0.3, -0.25) is 0 Å². The van der Waals surface area contributed by atoms with E-state index in [0.717, 1.165) is 0 Å². The first kappa shape index (κ1) is 395. The van der Waals surface area contributed by atoms with Gasteiger partial charge in [-0.1, -0.05) is 0 Å². The predicted molar refractivity (Wildman–Crippen MR) is 72.1 cm³/mol. The molecule has 20 heavy (non-hydrogen) atoms. The second-order valence-electron chi connectivity index (χ2n) is 0. The summed E-state index contributed by atoms with van der Waals surface area (Å²) >= 11 is 0. The normalized spacial score (nSPS) is 0. The van der Waals surface area contributed by atoms with Crippen molar-refractivity contribution in [1.82, 2.24) is 0 Å². The van der Waals surface area contributed by atoms with Gasteiger partial charge in [0.25, 0.3) is 0 Å². The van der Waals surface area contributed by atoms with Gasteiger partial charge in [0.1, 0.15) is 0 Å². The van der Waals surface area contributed by atoms with E-state index in [0.29, 0.717) is 0 Å². The number of hydrogen-bond donors (Lipinski definition) is 0. The Hall–Kier alpha value is 6.68. The first-order chi connectivity index (χ1) is 0. The molecule has 0 saturated carbocycles. The van der Waals surface area contributed by atoms with Gasteiger partial charge in [0.05, 0.1) is 0 Å². The predicted octanol–water partition coefficient (Wildman–Crippen LogP) is -11.8. The SMILES string of the molecule is O.O.O.O.O.O.O.O.O.O.O.O.[Ga].[Ga].[Ga].[Ga].[Ga].[Gd].[Gd].[Gd]. The molecule has 0 spiro atoms. The molecular weight excluding hydrogens is 1010 g/mol. The fraction of sp³-hybridized carbons (Fsp3) is 0. The zero-order valence-electron chi connectivity index (χ0n) is 9.95. The Balaban J connectivity index is 0. The van der Waals surface area contributed by atoms with Crippen molar-refractivity contribution in [3.63, 3.8) is 0 Å². The third kappa shape index (κ3) is 310. The van der Waals surface area contributed by atoms with Crippen LogP contribution < -0.4 is 0 Å². The van der Waals surface area contributed by atoms with Crippen molar-refractivity contribution < 1.29 is 186 Å². The van der Waals surface area contributed by atoms with Gasteiger partial charge in [0.2, 0.25) is 0 Å². The maximum atomic E-state index is 0. The summed E-state index contributed by atoms with van der Waals surface area (Å²) < 4.78 is 0. The Morgan fingerprint density at radius 1 is 0.150 bits per heavy atom. The Bertz CT molecular complexity index is 27.1. The molecule has 0 aliphatic carbocycles. The van der Waals surface area contributed by atoms with Crippen LogP contribution in [0.2, 0.25) is 0 Å². The molecule has 0 atom stereocenters. The molecule has 0 aromatic carbocycles. The van der Waals surface area contributed by atoms with Gasteiger partial charge in [-0.25, -0.2) is 0 Å². The fourth-order valence-electron chi connectivity index (χ4n) is 0. The zero-order chi connectivity index (χ0) is 0. The van der Waals surface area contributed by atoms with Crippen LogP contribution >= 0.6 is 0 Å². The average Bonchev–Trinajstić information content (AvgIpc) is 0. The molecule has 24 N–H and O–H groups in total. The second-order valence-corrected chi connectivity index (χ2v) is 0. The Morgan fingerprint density at radius 2 is 0.150 bits per heavy atom. The van der Waals surface area contributed by atoms with Crippen LogP contribution in [-0.2, 0) is 0 Å². The van der Waals surface area contributed by atoms with Crippen LogP contribution in [-0.4, -0.2) is 165 Å². The summed E-state index contributed by atoms with van der Waals surface area (Å²) in [5, 5.41) is 0. The van der Waals surface area contributed by atoms with E-state index < -0.39 is 0 Å². The minimum Gasteiger partial charge on any atom is -0.412 e. The monoisotopic (exact) mass is 1030 g/mol. The topological polar surface area (TPSA) is 378 Å². The Labute approximate surface area is 278 Å². The summed E-state index contributed by atoms with van der Waals surface area (Å²) in [6.45, 7) is 0. The molecule has 0 bridgehead atoms. The molecule has 0 saturated heterocycles. The molecule has 0 aliphatic rings. The average molecular weight is 1040 g/mol. The van der Waals surface area contributed by atoms with Crippen LogP contribution in [0, 0.1) is 120 Å². The molecular formula is H24Ga5Gd3O12. The maximum absolute atomic E-state index is 0. The summed E-state index contributed by atoms with van der Waals surface area (Å²) in [6.07, 6.45) is 0. The standard InChI is InChI=1S/5Ga.3Gd.12H2O/h;;;;;;;;12*1H2. The van der Waals surface area contributed by atoms with Crippen LogP contribution in [0.1, 0.15) is 0 Å². The first-order valence-electron chi connectivity index (χ1n) is 0. The quantitative estimate of drug-likeness (QED) is 0.204. The Morgan fingerprint density at radius 3 is 0.150 bits per heavy atom. The van der Waals surface area contributed by atoms with Crippen LogP contribution in [0.25, 0.3) is 0 Å². The molecule has 0 rings (SSSR count). The number of hydrogen-bond acceptors (Lipinski definition) is 0. The summed E-state index contributed by atoms with van der Waals surface area (Å²) in [6, 6.07) is 0. The van der Waals surface area contributed by atoms with Gasteiger partial charge in [0.15, 0.2) is 0 Å². The van der Waals surface area contributed by atoms with Gasteiger partial charge >= 0.3 is 0 Å². The van der Waals surface area contributed by atoms with Crippen LogP contribution in [0.5, 0.6) is 0 Å². The van der Waals surface area contributed by atoms with Crippen LogP contribution in [0.15, 0.2) is 0 Å². The Kier molecular flexibility index (Phi) is 6920. The summed E-state index contributed by atoms with van der Waals surface area (Å²) in [4.78, 5) is 0. The van der Waals surface area contributed by atoms with E-state index >= 15 is 0 Å². The van der Waals surface area contributed by atoms with Gasteiger partial charge < -0.3 is 65.7 Å². The summed E-state index contributed by atoms with van der Waals surface area (Å²) in [5.74, 6) is 0. The second kappa shape index (κ2) is 351. The van der Waals surface area contributed by atoms with Crippen molar-refractivity contribution in [1.29, 1.82) is 0 Å². The molecule has 0 unspecified atom stereocenters. The molecule has 15 radical (unpaired) electrons. The summed E-state index contributed by atoms with van der Waals surface area (Å²) in [5.41, 5.74) is 0. The van der Waals surface area contributed by atoms with E-state index in [2.05, 4.69) is 0 Å². The minimum atomic E-state index is 0. The number of rotatable bonds is 0. The van der Waals surface area contributed by atoms with E-state index in [9.17, 15) is 0 Å². The van der Waals surface area contributed by atoms with Crippen molar-refractivity contribution in [2.24, 2.45) is 0 Å². The van der Waals surface area contributed by atoms with Crippen LogP contribution in [0.3, 0.4) is 0 Å². The van der Waals surface area contributed by atoms with E-state index in [1.165, 1.54) is 0 Å². The first-order valence-corrected chi connectivity index (χ1v) is 0. The molecule has 0 aromatic heterocycles. The van der Waals surface area contributed by atoms with Gasteiger partial charge in [-0.2, -0.15) is 0 Å². The van der Waals surface area contributed by atoms with Gasteiger partial charge in [-0.15, -0.1) is 0 Å². The maximum Gasteiger partial charge on any atom is 0 e. The molecule has 0 amide bonds. The van der Waals surface area contributed by atoms with Gasteiger partial charge in [0, 0.05) is 219 Å². The van der Waals surface area contributed by atoms with E-state index in [1.807, 2.05) is 0 Å². The zero-order valence-corrected chi connectivity index (χ0v) is 28.9. The largest absolute Gasteiger partial charge is 0.412 e. The molecule has 135 valence electrons. The van der Waals surface area contributed by atoms with Gasteiger partial charge in [-0.05, 0) is 0 Å². The third-order valence-corrected chi connectivity index (χ3v) is 0. The minimum absolute atomic E-state index is 0. The van der Waals surface area contributed by atoms with E-state index in [-0.39, 0.29) is 284 Å². The van der Waals surface area contributed by atoms with Crippen molar-refractivity contribution in [2.45, 2.75) is 0 Å². The summed E-state index contributed by atoms with van der Waals surface area (Å²) in [7, 11) is 0. The molecule has 20 heteroatoms. The smallest absolute Gasteiger partial charge is 0 e. The molecule has 0 heterocycles. The molecule has 12 nitrogen and oxygen atoms in total. The van der Waals surface area contributed by atoms with Crippen molar-refractivity contribution in [3.8, 4) is 0 Å². The molecule has 0 aliphatic heterocycles. The molecule has 0 aromatic rings. The van der Waals surface area contributed by atoms with Crippen LogP contribution in [0.4, 0.5) is 0 Å². The van der Waals surface area contributed by atoms with Crippen molar-refractivity contribution >= 4 is 99.0 Å². The third-order valence-electron chi connectivity index (χ3n) is 0. The van der Waals surface area contributed by atoms with E-state index in [4.69, 9.17) is 0 Å². The van der Waals surface area contributed by atoms with Crippen molar-refractivity contribution in [3.05, 3.63) is 0 Å². The van der Waals surface area contributed by atoms with Crippen molar-refractivity contribution in [2.75, 3.05) is 0 Å². The van der Waals surface area contributed by atoms with E-state index in [1.54, 1.807) is 0 Å². The fourth-order valence-corrected chi connectivity index (χ4v) is 0. The molecule has 0 fully saturated rings.